The normalized spacial score (nSPS) is 11.9. The molecule has 1 aromatic carbocycles. The summed E-state index contributed by atoms with van der Waals surface area (Å²) in [5.74, 6) is -1.91. The first-order chi connectivity index (χ1) is 8.40. The third kappa shape index (κ3) is 4.14. The van der Waals surface area contributed by atoms with Crippen LogP contribution in [0, 0.1) is 5.82 Å². The zero-order chi connectivity index (χ0) is 13.7. The van der Waals surface area contributed by atoms with Crippen LogP contribution in [0.5, 0.6) is 0 Å². The van der Waals surface area contributed by atoms with Crippen molar-refractivity contribution < 1.29 is 19.1 Å². The minimum atomic E-state index is -1.10. The third-order valence-electron chi connectivity index (χ3n) is 2.43. The van der Waals surface area contributed by atoms with Gasteiger partial charge in [0, 0.05) is 7.05 Å². The predicted octanol–water partition coefficient (Wildman–Crippen LogP) is 0.238. The van der Waals surface area contributed by atoms with Gasteiger partial charge in [0.2, 0.25) is 5.91 Å². The molecule has 0 saturated heterocycles. The Morgan fingerprint density at radius 3 is 2.44 bits per heavy atom. The van der Waals surface area contributed by atoms with Gasteiger partial charge < -0.3 is 15.7 Å². The molecular formula is C12H15FN2O3. The second-order valence-electron chi connectivity index (χ2n) is 4.03. The van der Waals surface area contributed by atoms with Gasteiger partial charge >= 0.3 is 5.97 Å². The van der Waals surface area contributed by atoms with Crippen LogP contribution in [0.1, 0.15) is 5.56 Å². The van der Waals surface area contributed by atoms with E-state index in [-0.39, 0.29) is 12.2 Å². The Balaban J connectivity index is 2.59. The van der Waals surface area contributed by atoms with E-state index in [4.69, 9.17) is 10.8 Å². The van der Waals surface area contributed by atoms with E-state index in [2.05, 4.69) is 0 Å². The molecule has 3 N–H and O–H groups in total. The Bertz CT molecular complexity index is 433. The summed E-state index contributed by atoms with van der Waals surface area (Å²) in [5, 5.41) is 8.56. The lowest BCUT2D eigenvalue weighted by Gasteiger charge is -2.19. The van der Waals surface area contributed by atoms with Crippen molar-refractivity contribution in [2.24, 2.45) is 5.73 Å². The highest BCUT2D eigenvalue weighted by molar-refractivity contribution is 5.85. The summed E-state index contributed by atoms with van der Waals surface area (Å²) in [6, 6.07) is 4.82. The Morgan fingerprint density at radius 1 is 1.39 bits per heavy atom. The van der Waals surface area contributed by atoms with E-state index in [0.29, 0.717) is 0 Å². The van der Waals surface area contributed by atoms with Crippen LogP contribution in [-0.2, 0) is 16.0 Å². The number of hydrogen-bond acceptors (Lipinski definition) is 3. The van der Waals surface area contributed by atoms with E-state index < -0.39 is 24.5 Å². The topological polar surface area (TPSA) is 83.6 Å². The largest absolute Gasteiger partial charge is 0.480 e. The zero-order valence-electron chi connectivity index (χ0n) is 9.97. The molecule has 0 bridgehead atoms. The number of halogens is 1. The summed E-state index contributed by atoms with van der Waals surface area (Å²) in [6.45, 7) is -0.393. The van der Waals surface area contributed by atoms with E-state index >= 15 is 0 Å². The second-order valence-corrected chi connectivity index (χ2v) is 4.03. The van der Waals surface area contributed by atoms with Crippen LogP contribution in [0.4, 0.5) is 4.39 Å². The molecule has 0 aliphatic carbocycles. The monoisotopic (exact) mass is 254 g/mol. The number of benzene rings is 1. The molecule has 0 radical (unpaired) electrons. The molecule has 0 saturated carbocycles. The van der Waals surface area contributed by atoms with Crippen molar-refractivity contribution in [2.45, 2.75) is 12.5 Å². The number of amides is 1. The number of aliphatic carboxylic acids is 1. The average Bonchev–Trinajstić information content (AvgIpc) is 2.30. The maximum Gasteiger partial charge on any atom is 0.323 e. The van der Waals surface area contributed by atoms with E-state index in [0.717, 1.165) is 10.5 Å². The van der Waals surface area contributed by atoms with Gasteiger partial charge in [-0.05, 0) is 24.1 Å². The fourth-order valence-corrected chi connectivity index (χ4v) is 1.53. The molecule has 18 heavy (non-hydrogen) atoms. The van der Waals surface area contributed by atoms with Gasteiger partial charge in [-0.25, -0.2) is 4.39 Å². The van der Waals surface area contributed by atoms with E-state index in [1.807, 2.05) is 0 Å². The third-order valence-corrected chi connectivity index (χ3v) is 2.43. The molecule has 1 rings (SSSR count). The first-order valence-corrected chi connectivity index (χ1v) is 5.37. The summed E-state index contributed by atoms with van der Waals surface area (Å²) in [4.78, 5) is 23.2. The summed E-state index contributed by atoms with van der Waals surface area (Å²) < 4.78 is 12.7. The van der Waals surface area contributed by atoms with Crippen LogP contribution < -0.4 is 5.73 Å². The van der Waals surface area contributed by atoms with Crippen LogP contribution in [0.2, 0.25) is 0 Å². The lowest BCUT2D eigenvalue weighted by molar-refractivity contribution is -0.143. The number of carboxylic acids is 1. The van der Waals surface area contributed by atoms with Crippen molar-refractivity contribution >= 4 is 11.9 Å². The van der Waals surface area contributed by atoms with Crippen molar-refractivity contribution in [3.05, 3.63) is 35.6 Å². The maximum absolute atomic E-state index is 12.7. The molecule has 0 fully saturated rings. The molecule has 0 heterocycles. The molecule has 1 aromatic rings. The molecule has 5 nitrogen and oxygen atoms in total. The summed E-state index contributed by atoms with van der Waals surface area (Å²) in [6.07, 6.45) is 0.239. The number of likely N-dealkylation sites (N-methyl/N-ethyl adjacent to an activating group) is 1. The minimum Gasteiger partial charge on any atom is -0.480 e. The van der Waals surface area contributed by atoms with Gasteiger partial charge in [-0.3, -0.25) is 9.59 Å². The standard InChI is InChI=1S/C12H15FN2O3/c1-15(7-11(16)17)12(18)10(14)6-8-2-4-9(13)5-3-8/h2-5,10H,6-7,14H2,1H3,(H,16,17)/t10-/m0/s1. The molecule has 1 atom stereocenters. The number of rotatable bonds is 5. The van der Waals surface area contributed by atoms with E-state index in [1.165, 1.54) is 19.2 Å². The second kappa shape index (κ2) is 6.11. The van der Waals surface area contributed by atoms with Gasteiger partial charge in [0.05, 0.1) is 6.04 Å². The fraction of sp³-hybridized carbons (Fsp3) is 0.333. The Hall–Kier alpha value is -1.95. The summed E-state index contributed by atoms with van der Waals surface area (Å²) >= 11 is 0. The lowest BCUT2D eigenvalue weighted by atomic mass is 10.1. The smallest absolute Gasteiger partial charge is 0.323 e. The van der Waals surface area contributed by atoms with Crippen LogP contribution in [0.15, 0.2) is 24.3 Å². The van der Waals surface area contributed by atoms with Crippen molar-refractivity contribution in [3.63, 3.8) is 0 Å². The molecule has 0 spiro atoms. The maximum atomic E-state index is 12.7. The van der Waals surface area contributed by atoms with Crippen LogP contribution in [-0.4, -0.2) is 41.5 Å². The van der Waals surface area contributed by atoms with Gasteiger partial charge in [-0.2, -0.15) is 0 Å². The minimum absolute atomic E-state index is 0.239. The van der Waals surface area contributed by atoms with E-state index in [9.17, 15) is 14.0 Å². The first kappa shape index (κ1) is 14.1. The highest BCUT2D eigenvalue weighted by Gasteiger charge is 2.19. The van der Waals surface area contributed by atoms with Gasteiger partial charge in [-0.1, -0.05) is 12.1 Å². The molecule has 0 unspecified atom stereocenters. The SMILES string of the molecule is CN(CC(=O)O)C(=O)[C@@H](N)Cc1ccc(F)cc1. The van der Waals surface area contributed by atoms with Gasteiger partial charge in [0.25, 0.3) is 0 Å². The number of hydrogen-bond donors (Lipinski definition) is 2. The number of carbonyl (C=O) groups excluding carboxylic acids is 1. The van der Waals surface area contributed by atoms with Crippen molar-refractivity contribution in [2.75, 3.05) is 13.6 Å². The number of nitrogens with zero attached hydrogens (tertiary/aromatic N) is 1. The summed E-state index contributed by atoms with van der Waals surface area (Å²) in [5.41, 5.74) is 6.41. The van der Waals surface area contributed by atoms with Crippen LogP contribution in [0.25, 0.3) is 0 Å². The van der Waals surface area contributed by atoms with Crippen LogP contribution >= 0.6 is 0 Å². The average molecular weight is 254 g/mol. The Kier molecular flexibility index (Phi) is 4.79. The van der Waals surface area contributed by atoms with Gasteiger partial charge in [0.1, 0.15) is 12.4 Å². The number of carbonyl (C=O) groups is 2. The molecule has 0 aliphatic heterocycles. The molecule has 6 heteroatoms. The number of nitrogens with two attached hydrogens (primary N) is 1. The van der Waals surface area contributed by atoms with Crippen molar-refractivity contribution in [3.8, 4) is 0 Å². The molecule has 1 amide bonds. The number of carboxylic acid groups (broad SMARTS) is 1. The Labute approximate surface area is 104 Å². The highest BCUT2D eigenvalue weighted by atomic mass is 19.1. The van der Waals surface area contributed by atoms with Gasteiger partial charge in [0.15, 0.2) is 0 Å². The van der Waals surface area contributed by atoms with E-state index in [1.54, 1.807) is 12.1 Å². The quantitative estimate of drug-likeness (QED) is 0.788. The molecular weight excluding hydrogens is 239 g/mol. The zero-order valence-corrected chi connectivity index (χ0v) is 9.97. The first-order valence-electron chi connectivity index (χ1n) is 5.37. The Morgan fingerprint density at radius 2 is 1.94 bits per heavy atom. The summed E-state index contributed by atoms with van der Waals surface area (Å²) in [7, 11) is 1.38. The molecule has 0 aromatic heterocycles. The lowest BCUT2D eigenvalue weighted by Crippen LogP contribution is -2.44. The van der Waals surface area contributed by atoms with Crippen molar-refractivity contribution in [1.29, 1.82) is 0 Å². The predicted molar refractivity (Wildman–Crippen MR) is 63.4 cm³/mol. The van der Waals surface area contributed by atoms with Crippen LogP contribution in [0.3, 0.4) is 0 Å². The molecule has 0 aliphatic rings. The fourth-order valence-electron chi connectivity index (χ4n) is 1.53. The van der Waals surface area contributed by atoms with Crippen molar-refractivity contribution in [1.82, 2.24) is 4.90 Å². The van der Waals surface area contributed by atoms with Gasteiger partial charge in [-0.15, -0.1) is 0 Å². The molecule has 98 valence electrons. The highest BCUT2D eigenvalue weighted by Crippen LogP contribution is 2.06.